The highest BCUT2D eigenvalue weighted by atomic mass is 32.2. The van der Waals surface area contributed by atoms with Crippen LogP contribution in [0.15, 0.2) is 17.0 Å². The van der Waals surface area contributed by atoms with E-state index in [1.54, 1.807) is 13.0 Å². The highest BCUT2D eigenvalue weighted by Gasteiger charge is 2.37. The molecule has 0 aromatic heterocycles. The Morgan fingerprint density at radius 1 is 1.18 bits per heavy atom. The van der Waals surface area contributed by atoms with Crippen molar-refractivity contribution in [3.05, 3.63) is 17.7 Å². The fourth-order valence-electron chi connectivity index (χ4n) is 2.99. The zero-order valence-corrected chi connectivity index (χ0v) is 14.1. The van der Waals surface area contributed by atoms with E-state index in [2.05, 4.69) is 4.72 Å². The standard InChI is InChI=1S/C15H24N2O4S/c1-11-8-12(20-2)13(21-3)9-14(11)22(18,19)17-15(10-16)6-4-5-7-15/h8-9,17H,4-7,10,16H2,1-3H3. The van der Waals surface area contributed by atoms with Gasteiger partial charge in [-0.3, -0.25) is 0 Å². The maximum absolute atomic E-state index is 12.8. The number of aryl methyl sites for hydroxylation is 1. The van der Waals surface area contributed by atoms with Gasteiger partial charge in [-0.25, -0.2) is 13.1 Å². The normalized spacial score (nSPS) is 17.5. The van der Waals surface area contributed by atoms with E-state index in [4.69, 9.17) is 15.2 Å². The third-order valence-electron chi connectivity index (χ3n) is 4.27. The maximum Gasteiger partial charge on any atom is 0.241 e. The third kappa shape index (κ3) is 3.21. The predicted octanol–water partition coefficient (Wildman–Crippen LogP) is 1.56. The number of hydrogen-bond donors (Lipinski definition) is 2. The van der Waals surface area contributed by atoms with Crippen molar-refractivity contribution >= 4 is 10.0 Å². The molecule has 0 bridgehead atoms. The van der Waals surface area contributed by atoms with Gasteiger partial charge in [0.05, 0.1) is 19.1 Å². The van der Waals surface area contributed by atoms with Crippen LogP contribution in [0.5, 0.6) is 11.5 Å². The first-order valence-corrected chi connectivity index (χ1v) is 8.82. The van der Waals surface area contributed by atoms with Crippen LogP contribution in [0.2, 0.25) is 0 Å². The zero-order valence-electron chi connectivity index (χ0n) is 13.3. The van der Waals surface area contributed by atoms with Gasteiger partial charge < -0.3 is 15.2 Å². The van der Waals surface area contributed by atoms with Crippen molar-refractivity contribution in [2.24, 2.45) is 5.73 Å². The Morgan fingerprint density at radius 2 is 1.73 bits per heavy atom. The summed E-state index contributed by atoms with van der Waals surface area (Å²) < 4.78 is 38.8. The average Bonchev–Trinajstić information content (AvgIpc) is 2.94. The van der Waals surface area contributed by atoms with Gasteiger partial charge in [-0.2, -0.15) is 0 Å². The number of hydrogen-bond acceptors (Lipinski definition) is 5. The number of methoxy groups -OCH3 is 2. The Balaban J connectivity index is 2.41. The van der Waals surface area contributed by atoms with Crippen LogP contribution in [0.3, 0.4) is 0 Å². The van der Waals surface area contributed by atoms with Crippen molar-refractivity contribution in [2.75, 3.05) is 20.8 Å². The van der Waals surface area contributed by atoms with Crippen molar-refractivity contribution in [1.29, 1.82) is 0 Å². The molecule has 0 radical (unpaired) electrons. The number of nitrogens with one attached hydrogen (secondary N) is 1. The Kier molecular flexibility index (Phi) is 4.99. The van der Waals surface area contributed by atoms with Crippen molar-refractivity contribution in [2.45, 2.75) is 43.0 Å². The minimum Gasteiger partial charge on any atom is -0.493 e. The van der Waals surface area contributed by atoms with Gasteiger partial charge in [0.15, 0.2) is 11.5 Å². The van der Waals surface area contributed by atoms with E-state index in [0.29, 0.717) is 23.6 Å². The molecular formula is C15H24N2O4S. The minimum atomic E-state index is -3.67. The summed E-state index contributed by atoms with van der Waals surface area (Å²) in [5.41, 5.74) is 5.90. The lowest BCUT2D eigenvalue weighted by Crippen LogP contribution is -2.51. The van der Waals surface area contributed by atoms with Gasteiger partial charge in [0.2, 0.25) is 10.0 Å². The van der Waals surface area contributed by atoms with E-state index in [-0.39, 0.29) is 4.90 Å². The zero-order chi connectivity index (χ0) is 16.4. The summed E-state index contributed by atoms with van der Waals surface area (Å²) in [7, 11) is -0.667. The summed E-state index contributed by atoms with van der Waals surface area (Å²) in [6.45, 7) is 2.04. The van der Waals surface area contributed by atoms with Gasteiger partial charge >= 0.3 is 0 Å². The number of nitrogens with two attached hydrogens (primary N) is 1. The quantitative estimate of drug-likeness (QED) is 0.827. The molecular weight excluding hydrogens is 304 g/mol. The molecule has 2 rings (SSSR count). The van der Waals surface area contributed by atoms with Crippen LogP contribution in [0, 0.1) is 6.92 Å². The Morgan fingerprint density at radius 3 is 2.23 bits per heavy atom. The van der Waals surface area contributed by atoms with Gasteiger partial charge in [-0.1, -0.05) is 12.8 Å². The molecule has 0 saturated heterocycles. The van der Waals surface area contributed by atoms with Crippen LogP contribution < -0.4 is 19.9 Å². The third-order valence-corrected chi connectivity index (χ3v) is 5.99. The second kappa shape index (κ2) is 6.44. The van der Waals surface area contributed by atoms with E-state index in [1.165, 1.54) is 20.3 Å². The van der Waals surface area contributed by atoms with Crippen LogP contribution in [0.25, 0.3) is 0 Å². The summed E-state index contributed by atoms with van der Waals surface area (Å²) >= 11 is 0. The second-order valence-corrected chi connectivity index (χ2v) is 7.42. The molecule has 0 atom stereocenters. The number of rotatable bonds is 6. The SMILES string of the molecule is COc1cc(C)c(S(=O)(=O)NC2(CN)CCCC2)cc1OC. The molecule has 1 fully saturated rings. The monoisotopic (exact) mass is 328 g/mol. The minimum absolute atomic E-state index is 0.199. The second-order valence-electron chi connectivity index (χ2n) is 5.77. The van der Waals surface area contributed by atoms with E-state index in [0.717, 1.165) is 25.7 Å². The molecule has 1 aliphatic rings. The van der Waals surface area contributed by atoms with E-state index in [1.807, 2.05) is 0 Å². The molecule has 22 heavy (non-hydrogen) atoms. The summed E-state index contributed by atoms with van der Waals surface area (Å²) in [5.74, 6) is 0.898. The molecule has 3 N–H and O–H groups in total. The largest absolute Gasteiger partial charge is 0.493 e. The smallest absolute Gasteiger partial charge is 0.241 e. The first-order valence-electron chi connectivity index (χ1n) is 7.34. The van der Waals surface area contributed by atoms with Gasteiger partial charge in [0.1, 0.15) is 0 Å². The summed E-state index contributed by atoms with van der Waals surface area (Å²) in [5, 5.41) is 0. The van der Waals surface area contributed by atoms with E-state index < -0.39 is 15.6 Å². The van der Waals surface area contributed by atoms with Crippen molar-refractivity contribution in [3.63, 3.8) is 0 Å². The first kappa shape index (κ1) is 17.1. The van der Waals surface area contributed by atoms with Gasteiger partial charge in [-0.15, -0.1) is 0 Å². The van der Waals surface area contributed by atoms with Gasteiger partial charge in [0, 0.05) is 18.2 Å². The lowest BCUT2D eigenvalue weighted by atomic mass is 10.0. The van der Waals surface area contributed by atoms with Crippen molar-refractivity contribution in [3.8, 4) is 11.5 Å². The lowest BCUT2D eigenvalue weighted by molar-refractivity contribution is 0.353. The lowest BCUT2D eigenvalue weighted by Gasteiger charge is -2.28. The van der Waals surface area contributed by atoms with Gasteiger partial charge in [-0.05, 0) is 31.4 Å². The van der Waals surface area contributed by atoms with E-state index >= 15 is 0 Å². The molecule has 1 saturated carbocycles. The average molecular weight is 328 g/mol. The van der Waals surface area contributed by atoms with Crippen molar-refractivity contribution in [1.82, 2.24) is 4.72 Å². The van der Waals surface area contributed by atoms with Gasteiger partial charge in [0.25, 0.3) is 0 Å². The molecule has 7 heteroatoms. The van der Waals surface area contributed by atoms with E-state index in [9.17, 15) is 8.42 Å². The van der Waals surface area contributed by atoms with Crippen LogP contribution in [0.1, 0.15) is 31.2 Å². The molecule has 1 aromatic rings. The highest BCUT2D eigenvalue weighted by molar-refractivity contribution is 7.89. The molecule has 0 amide bonds. The fraction of sp³-hybridized carbons (Fsp3) is 0.600. The molecule has 1 aliphatic carbocycles. The Labute approximate surface area is 132 Å². The molecule has 0 unspecified atom stereocenters. The van der Waals surface area contributed by atoms with Crippen molar-refractivity contribution < 1.29 is 17.9 Å². The molecule has 1 aromatic carbocycles. The van der Waals surface area contributed by atoms with Crippen LogP contribution in [0.4, 0.5) is 0 Å². The summed E-state index contributed by atoms with van der Waals surface area (Å²) in [6.07, 6.45) is 3.53. The van der Waals surface area contributed by atoms with Crippen LogP contribution in [-0.4, -0.2) is 34.7 Å². The number of sulfonamides is 1. The summed E-state index contributed by atoms with van der Waals surface area (Å²) in [6, 6.07) is 3.16. The summed E-state index contributed by atoms with van der Waals surface area (Å²) in [4.78, 5) is 0.199. The molecule has 6 nitrogen and oxygen atoms in total. The topological polar surface area (TPSA) is 90.7 Å². The number of ether oxygens (including phenoxy) is 2. The Bertz CT molecular complexity index is 637. The maximum atomic E-state index is 12.8. The molecule has 0 heterocycles. The van der Waals surface area contributed by atoms with Crippen LogP contribution in [-0.2, 0) is 10.0 Å². The first-order chi connectivity index (χ1) is 10.4. The molecule has 0 aliphatic heterocycles. The molecule has 124 valence electrons. The number of benzene rings is 1. The predicted molar refractivity (Wildman–Crippen MR) is 84.9 cm³/mol. The fourth-order valence-corrected chi connectivity index (χ4v) is 4.70. The molecule has 0 spiro atoms. The Hall–Kier alpha value is -1.31. The van der Waals surface area contributed by atoms with Crippen LogP contribution >= 0.6 is 0 Å². The highest BCUT2D eigenvalue weighted by Crippen LogP contribution is 2.34.